The third-order valence-electron chi connectivity index (χ3n) is 3.96. The lowest BCUT2D eigenvalue weighted by Gasteiger charge is -2.21. The van der Waals surface area contributed by atoms with Crippen LogP contribution >= 0.6 is 0 Å². The molecule has 5 nitrogen and oxygen atoms in total. The Hall–Kier alpha value is -1.70. The molecule has 1 aliphatic heterocycles. The van der Waals surface area contributed by atoms with Crippen molar-refractivity contribution in [2.45, 2.75) is 22.6 Å². The summed E-state index contributed by atoms with van der Waals surface area (Å²) >= 11 is 0. The fourth-order valence-corrected chi connectivity index (χ4v) is 5.51. The SMILES string of the molecule is CS(=O)(=O)c1ccc(N=S(=O)(c2ccccc2)N2CCCC2)cc1. The van der Waals surface area contributed by atoms with Crippen molar-refractivity contribution in [3.63, 3.8) is 0 Å². The van der Waals surface area contributed by atoms with E-state index in [9.17, 15) is 12.6 Å². The first-order chi connectivity index (χ1) is 11.4. The van der Waals surface area contributed by atoms with Gasteiger partial charge in [0, 0.05) is 19.3 Å². The average Bonchev–Trinajstić information content (AvgIpc) is 3.10. The smallest absolute Gasteiger partial charge is 0.175 e. The number of sulfone groups is 1. The zero-order chi connectivity index (χ0) is 17.2. The minimum Gasteiger partial charge on any atom is -0.228 e. The van der Waals surface area contributed by atoms with Gasteiger partial charge in [-0.05, 0) is 49.2 Å². The third kappa shape index (κ3) is 3.53. The fraction of sp³-hybridized carbons (Fsp3) is 0.294. The number of hydrogen-bond donors (Lipinski definition) is 0. The highest BCUT2D eigenvalue weighted by Gasteiger charge is 2.25. The minimum absolute atomic E-state index is 0.230. The van der Waals surface area contributed by atoms with Crippen LogP contribution in [0.15, 0.2) is 68.8 Å². The molecular formula is C17H20N2O3S2. The zero-order valence-corrected chi connectivity index (χ0v) is 15.1. The first kappa shape index (κ1) is 17.1. The lowest BCUT2D eigenvalue weighted by atomic mass is 10.3. The molecule has 0 spiro atoms. The van der Waals surface area contributed by atoms with Crippen molar-refractivity contribution in [2.75, 3.05) is 19.3 Å². The maximum atomic E-state index is 13.7. The molecule has 7 heteroatoms. The second-order valence-corrected chi connectivity index (χ2v) is 9.98. The molecule has 0 aliphatic carbocycles. The summed E-state index contributed by atoms with van der Waals surface area (Å²) in [5, 5.41) is 0. The number of benzene rings is 2. The standard InChI is InChI=1S/C17H20N2O3S2/c1-23(20,21)16-11-9-15(10-12-16)18-24(22,19-13-5-6-14-19)17-7-3-2-4-8-17/h2-4,7-12H,5-6,13-14H2,1H3. The van der Waals surface area contributed by atoms with Gasteiger partial charge in [-0.25, -0.2) is 16.9 Å². The predicted octanol–water partition coefficient (Wildman–Crippen LogP) is 3.26. The highest BCUT2D eigenvalue weighted by molar-refractivity contribution is 7.91. The Balaban J connectivity index is 2.09. The van der Waals surface area contributed by atoms with Crippen molar-refractivity contribution in [3.05, 3.63) is 54.6 Å². The van der Waals surface area contributed by atoms with E-state index < -0.39 is 19.8 Å². The Morgan fingerprint density at radius 3 is 1.96 bits per heavy atom. The first-order valence-corrected chi connectivity index (χ1v) is 11.1. The molecule has 1 heterocycles. The van der Waals surface area contributed by atoms with Crippen LogP contribution in [0, 0.1) is 0 Å². The van der Waals surface area contributed by atoms with Crippen LogP contribution in [0.25, 0.3) is 0 Å². The van der Waals surface area contributed by atoms with Gasteiger partial charge in [0.25, 0.3) is 0 Å². The Bertz CT molecular complexity index is 924. The van der Waals surface area contributed by atoms with Crippen molar-refractivity contribution in [1.82, 2.24) is 4.31 Å². The van der Waals surface area contributed by atoms with Crippen LogP contribution < -0.4 is 0 Å². The van der Waals surface area contributed by atoms with Gasteiger partial charge < -0.3 is 0 Å². The van der Waals surface area contributed by atoms with Gasteiger partial charge in [-0.1, -0.05) is 18.2 Å². The lowest BCUT2D eigenvalue weighted by molar-refractivity contribution is 0.527. The predicted molar refractivity (Wildman–Crippen MR) is 95.3 cm³/mol. The Labute approximate surface area is 143 Å². The molecule has 0 aromatic heterocycles. The molecule has 1 fully saturated rings. The molecule has 0 radical (unpaired) electrons. The van der Waals surface area contributed by atoms with E-state index in [-0.39, 0.29) is 4.90 Å². The average molecular weight is 364 g/mol. The normalized spacial score (nSPS) is 18.2. The molecule has 0 saturated carbocycles. The monoisotopic (exact) mass is 364 g/mol. The van der Waals surface area contributed by atoms with Gasteiger partial charge in [-0.2, -0.15) is 4.36 Å². The second-order valence-electron chi connectivity index (χ2n) is 5.80. The number of rotatable bonds is 4. The highest BCUT2D eigenvalue weighted by atomic mass is 32.2. The van der Waals surface area contributed by atoms with E-state index in [1.54, 1.807) is 12.1 Å². The van der Waals surface area contributed by atoms with E-state index in [2.05, 4.69) is 4.36 Å². The zero-order valence-electron chi connectivity index (χ0n) is 13.5. The van der Waals surface area contributed by atoms with Crippen LogP contribution in [0.1, 0.15) is 12.8 Å². The summed E-state index contributed by atoms with van der Waals surface area (Å²) in [6.07, 6.45) is 3.18. The maximum Gasteiger partial charge on any atom is 0.175 e. The van der Waals surface area contributed by atoms with Crippen molar-refractivity contribution in [3.8, 4) is 0 Å². The molecule has 24 heavy (non-hydrogen) atoms. The molecule has 1 unspecified atom stereocenters. The van der Waals surface area contributed by atoms with Crippen molar-refractivity contribution in [1.29, 1.82) is 0 Å². The fourth-order valence-electron chi connectivity index (χ4n) is 2.69. The van der Waals surface area contributed by atoms with E-state index in [0.29, 0.717) is 10.6 Å². The lowest BCUT2D eigenvalue weighted by Crippen LogP contribution is -2.27. The van der Waals surface area contributed by atoms with Crippen molar-refractivity contribution in [2.24, 2.45) is 4.36 Å². The van der Waals surface area contributed by atoms with E-state index in [0.717, 1.165) is 32.2 Å². The van der Waals surface area contributed by atoms with Gasteiger partial charge in [-0.15, -0.1) is 0 Å². The Kier molecular flexibility index (Phi) is 4.76. The summed E-state index contributed by atoms with van der Waals surface area (Å²) < 4.78 is 43.3. The van der Waals surface area contributed by atoms with Gasteiger partial charge >= 0.3 is 0 Å². The summed E-state index contributed by atoms with van der Waals surface area (Å²) in [4.78, 5) is 0.910. The molecule has 2 aromatic carbocycles. The third-order valence-corrected chi connectivity index (χ3v) is 7.50. The topological polar surface area (TPSA) is 66.8 Å². The summed E-state index contributed by atoms with van der Waals surface area (Å²) in [6.45, 7) is 1.50. The van der Waals surface area contributed by atoms with E-state index in [1.165, 1.54) is 12.1 Å². The summed E-state index contributed by atoms with van der Waals surface area (Å²) in [7, 11) is -5.99. The van der Waals surface area contributed by atoms with Crippen LogP contribution in [0.5, 0.6) is 0 Å². The quantitative estimate of drug-likeness (QED) is 0.836. The Morgan fingerprint density at radius 2 is 1.42 bits per heavy atom. The Morgan fingerprint density at radius 1 is 0.833 bits per heavy atom. The van der Waals surface area contributed by atoms with Gasteiger partial charge in [-0.3, -0.25) is 0 Å². The molecule has 0 N–H and O–H groups in total. The van der Waals surface area contributed by atoms with Crippen LogP contribution in [0.4, 0.5) is 5.69 Å². The first-order valence-electron chi connectivity index (χ1n) is 7.77. The molecule has 1 saturated heterocycles. The minimum atomic E-state index is -3.25. The summed E-state index contributed by atoms with van der Waals surface area (Å²) in [5.74, 6) is 0. The molecule has 0 bridgehead atoms. The largest absolute Gasteiger partial charge is 0.228 e. The second kappa shape index (κ2) is 6.66. The molecule has 1 aliphatic rings. The maximum absolute atomic E-state index is 13.7. The summed E-state index contributed by atoms with van der Waals surface area (Å²) in [6, 6.07) is 15.5. The highest BCUT2D eigenvalue weighted by Crippen LogP contribution is 2.27. The number of hydrogen-bond acceptors (Lipinski definition) is 4. The van der Waals surface area contributed by atoms with Gasteiger partial charge in [0.1, 0.15) is 9.92 Å². The van der Waals surface area contributed by atoms with Crippen molar-refractivity contribution >= 4 is 25.4 Å². The van der Waals surface area contributed by atoms with Gasteiger partial charge in [0.15, 0.2) is 9.84 Å². The molecule has 0 amide bonds. The number of nitrogens with zero attached hydrogens (tertiary/aromatic N) is 2. The molecular weight excluding hydrogens is 344 g/mol. The van der Waals surface area contributed by atoms with E-state index in [1.807, 2.05) is 34.6 Å². The molecule has 1 atom stereocenters. The van der Waals surface area contributed by atoms with Crippen LogP contribution in [-0.4, -0.2) is 36.3 Å². The van der Waals surface area contributed by atoms with E-state index in [4.69, 9.17) is 0 Å². The van der Waals surface area contributed by atoms with Gasteiger partial charge in [0.2, 0.25) is 0 Å². The van der Waals surface area contributed by atoms with Crippen LogP contribution in [0.3, 0.4) is 0 Å². The van der Waals surface area contributed by atoms with Crippen LogP contribution in [0.2, 0.25) is 0 Å². The van der Waals surface area contributed by atoms with E-state index >= 15 is 0 Å². The van der Waals surface area contributed by atoms with Gasteiger partial charge in [0.05, 0.1) is 15.5 Å². The van der Waals surface area contributed by atoms with Crippen molar-refractivity contribution < 1.29 is 12.6 Å². The molecule has 3 rings (SSSR count). The summed E-state index contributed by atoms with van der Waals surface area (Å²) in [5.41, 5.74) is 0.517. The molecule has 128 valence electrons. The van der Waals surface area contributed by atoms with Crippen LogP contribution in [-0.2, 0) is 19.8 Å². The molecule has 2 aromatic rings.